The van der Waals surface area contributed by atoms with E-state index in [0.717, 1.165) is 19.3 Å². The van der Waals surface area contributed by atoms with Crippen LogP contribution >= 0.6 is 23.2 Å². The summed E-state index contributed by atoms with van der Waals surface area (Å²) in [5.41, 5.74) is 9.82. The van der Waals surface area contributed by atoms with Gasteiger partial charge in [-0.25, -0.2) is 0 Å². The van der Waals surface area contributed by atoms with Crippen LogP contribution in [0.5, 0.6) is 0 Å². The molecule has 3 aromatic rings. The molecule has 2 heterocycles. The van der Waals surface area contributed by atoms with Crippen molar-refractivity contribution in [1.29, 1.82) is 0 Å². The molecular weight excluding hydrogens is 407 g/mol. The first kappa shape index (κ1) is 21.2. The van der Waals surface area contributed by atoms with E-state index in [2.05, 4.69) is 15.3 Å². The van der Waals surface area contributed by atoms with Crippen molar-refractivity contribution < 1.29 is 4.79 Å². The topological polar surface area (TPSA) is 80.9 Å². The molecule has 0 radical (unpaired) electrons. The molecular formula is C22H22Cl2N4O. The lowest BCUT2D eigenvalue weighted by molar-refractivity contribution is -0.120. The zero-order valence-corrected chi connectivity index (χ0v) is 17.3. The average molecular weight is 429 g/mol. The Labute approximate surface area is 180 Å². The van der Waals surface area contributed by atoms with Crippen molar-refractivity contribution in [2.24, 2.45) is 5.73 Å². The SMILES string of the molecule is NC(=O)C(NCCc1ccncc1CCc1ccncc1)c1ccc(Cl)cc1Cl. The van der Waals surface area contributed by atoms with E-state index in [1.54, 1.807) is 36.8 Å². The van der Waals surface area contributed by atoms with Crippen LogP contribution in [0.25, 0.3) is 0 Å². The molecule has 0 saturated carbocycles. The Hall–Kier alpha value is -2.47. The number of benzene rings is 1. The largest absolute Gasteiger partial charge is 0.368 e. The lowest BCUT2D eigenvalue weighted by Crippen LogP contribution is -2.35. The maximum atomic E-state index is 12.0. The number of amides is 1. The highest BCUT2D eigenvalue weighted by molar-refractivity contribution is 6.35. The zero-order valence-electron chi connectivity index (χ0n) is 15.8. The Morgan fingerprint density at radius 2 is 1.72 bits per heavy atom. The van der Waals surface area contributed by atoms with Gasteiger partial charge in [0, 0.05) is 41.4 Å². The highest BCUT2D eigenvalue weighted by Gasteiger charge is 2.20. The number of carbonyl (C=O) groups excluding carboxylic acids is 1. The number of nitrogens with one attached hydrogen (secondary N) is 1. The summed E-state index contributed by atoms with van der Waals surface area (Å²) in [4.78, 5) is 20.3. The van der Waals surface area contributed by atoms with Crippen LogP contribution in [-0.2, 0) is 24.1 Å². The van der Waals surface area contributed by atoms with E-state index >= 15 is 0 Å². The second kappa shape index (κ2) is 10.3. The van der Waals surface area contributed by atoms with Crippen LogP contribution in [-0.4, -0.2) is 22.4 Å². The van der Waals surface area contributed by atoms with Crippen LogP contribution < -0.4 is 11.1 Å². The number of nitrogens with two attached hydrogens (primary N) is 1. The lowest BCUT2D eigenvalue weighted by atomic mass is 10.00. The molecule has 3 N–H and O–H groups in total. The van der Waals surface area contributed by atoms with Gasteiger partial charge in [0.15, 0.2) is 0 Å². The highest BCUT2D eigenvalue weighted by atomic mass is 35.5. The molecule has 2 aromatic heterocycles. The quantitative estimate of drug-likeness (QED) is 0.540. The summed E-state index contributed by atoms with van der Waals surface area (Å²) >= 11 is 12.2. The second-order valence-electron chi connectivity index (χ2n) is 6.71. The van der Waals surface area contributed by atoms with Crippen LogP contribution in [0.15, 0.2) is 61.2 Å². The summed E-state index contributed by atoms with van der Waals surface area (Å²) < 4.78 is 0. The van der Waals surface area contributed by atoms with Crippen LogP contribution in [0, 0.1) is 0 Å². The number of halogens is 2. The molecule has 0 aliphatic heterocycles. The first-order valence-electron chi connectivity index (χ1n) is 9.33. The molecule has 0 aliphatic carbocycles. The summed E-state index contributed by atoms with van der Waals surface area (Å²) in [7, 11) is 0. The normalized spacial score (nSPS) is 11.9. The van der Waals surface area contributed by atoms with Crippen molar-refractivity contribution in [3.63, 3.8) is 0 Å². The van der Waals surface area contributed by atoms with Gasteiger partial charge in [-0.3, -0.25) is 14.8 Å². The summed E-state index contributed by atoms with van der Waals surface area (Å²) in [5, 5.41) is 4.14. The van der Waals surface area contributed by atoms with Crippen molar-refractivity contribution in [2.75, 3.05) is 6.54 Å². The predicted octanol–water partition coefficient (Wildman–Crippen LogP) is 3.93. The molecule has 7 heteroatoms. The van der Waals surface area contributed by atoms with E-state index in [9.17, 15) is 4.79 Å². The Bertz CT molecular complexity index is 966. The van der Waals surface area contributed by atoms with Crippen LogP contribution in [0.2, 0.25) is 10.0 Å². The lowest BCUT2D eigenvalue weighted by Gasteiger charge is -2.18. The van der Waals surface area contributed by atoms with Crippen LogP contribution in [0.3, 0.4) is 0 Å². The van der Waals surface area contributed by atoms with E-state index in [1.807, 2.05) is 24.4 Å². The van der Waals surface area contributed by atoms with Crippen LogP contribution in [0.1, 0.15) is 28.3 Å². The number of aryl methyl sites for hydroxylation is 2. The van der Waals surface area contributed by atoms with Gasteiger partial charge in [0.25, 0.3) is 0 Å². The van der Waals surface area contributed by atoms with Gasteiger partial charge < -0.3 is 11.1 Å². The Morgan fingerprint density at radius 3 is 2.45 bits per heavy atom. The number of hydrogen-bond acceptors (Lipinski definition) is 4. The minimum atomic E-state index is -0.679. The van der Waals surface area contributed by atoms with Gasteiger partial charge in [-0.2, -0.15) is 0 Å². The number of rotatable bonds is 9. The number of primary amides is 1. The number of hydrogen-bond donors (Lipinski definition) is 2. The molecule has 0 aliphatic rings. The third-order valence-electron chi connectivity index (χ3n) is 4.74. The second-order valence-corrected chi connectivity index (χ2v) is 7.55. The fraction of sp³-hybridized carbons (Fsp3) is 0.227. The minimum Gasteiger partial charge on any atom is -0.368 e. The molecule has 1 unspecified atom stereocenters. The molecule has 0 spiro atoms. The van der Waals surface area contributed by atoms with E-state index in [4.69, 9.17) is 28.9 Å². The predicted molar refractivity (Wildman–Crippen MR) is 116 cm³/mol. The van der Waals surface area contributed by atoms with E-state index in [0.29, 0.717) is 22.2 Å². The molecule has 1 atom stereocenters. The first-order valence-corrected chi connectivity index (χ1v) is 10.1. The Balaban J connectivity index is 1.63. The number of aromatic nitrogens is 2. The molecule has 29 heavy (non-hydrogen) atoms. The van der Waals surface area contributed by atoms with E-state index < -0.39 is 11.9 Å². The summed E-state index contributed by atoms with van der Waals surface area (Å²) in [6, 6.07) is 10.4. The van der Waals surface area contributed by atoms with Gasteiger partial charge >= 0.3 is 0 Å². The Kier molecular flexibility index (Phi) is 7.58. The fourth-order valence-electron chi connectivity index (χ4n) is 3.20. The first-order chi connectivity index (χ1) is 14.0. The van der Waals surface area contributed by atoms with E-state index in [1.165, 1.54) is 16.7 Å². The number of pyridine rings is 2. The maximum absolute atomic E-state index is 12.0. The van der Waals surface area contributed by atoms with Gasteiger partial charge in [-0.05, 0) is 71.8 Å². The van der Waals surface area contributed by atoms with Gasteiger partial charge in [0.2, 0.25) is 5.91 Å². The number of carbonyl (C=O) groups is 1. The van der Waals surface area contributed by atoms with Crippen molar-refractivity contribution in [3.8, 4) is 0 Å². The fourth-order valence-corrected chi connectivity index (χ4v) is 3.72. The number of nitrogens with zero attached hydrogens (tertiary/aromatic N) is 2. The molecule has 0 saturated heterocycles. The molecule has 5 nitrogen and oxygen atoms in total. The van der Waals surface area contributed by atoms with E-state index in [-0.39, 0.29) is 0 Å². The molecule has 0 bridgehead atoms. The molecule has 150 valence electrons. The summed E-state index contributed by atoms with van der Waals surface area (Å²) in [6.45, 7) is 0.568. The summed E-state index contributed by atoms with van der Waals surface area (Å²) in [5.74, 6) is -0.484. The molecule has 1 aromatic carbocycles. The third kappa shape index (κ3) is 6.00. The van der Waals surface area contributed by atoms with Crippen LogP contribution in [0.4, 0.5) is 0 Å². The van der Waals surface area contributed by atoms with Crippen molar-refractivity contribution in [3.05, 3.63) is 93.5 Å². The Morgan fingerprint density at radius 1 is 0.966 bits per heavy atom. The van der Waals surface area contributed by atoms with Crippen molar-refractivity contribution >= 4 is 29.1 Å². The maximum Gasteiger partial charge on any atom is 0.239 e. The standard InChI is InChI=1S/C22H22Cl2N4O/c23-18-3-4-19(20(24)13-18)21(22(25)29)28-12-8-16-7-11-27-14-17(16)2-1-15-5-9-26-10-6-15/h3-7,9-11,13-14,21,28H,1-2,8,12H2,(H2,25,29). The van der Waals surface area contributed by atoms with Gasteiger partial charge in [-0.15, -0.1) is 0 Å². The minimum absolute atomic E-state index is 0.413. The average Bonchev–Trinajstić information content (AvgIpc) is 2.72. The third-order valence-corrected chi connectivity index (χ3v) is 5.30. The monoisotopic (exact) mass is 428 g/mol. The smallest absolute Gasteiger partial charge is 0.239 e. The van der Waals surface area contributed by atoms with Gasteiger partial charge in [0.1, 0.15) is 6.04 Å². The van der Waals surface area contributed by atoms with Crippen molar-refractivity contribution in [2.45, 2.75) is 25.3 Å². The zero-order chi connectivity index (χ0) is 20.6. The van der Waals surface area contributed by atoms with Gasteiger partial charge in [-0.1, -0.05) is 29.3 Å². The molecule has 3 rings (SSSR count). The summed E-state index contributed by atoms with van der Waals surface area (Å²) in [6.07, 6.45) is 9.83. The highest BCUT2D eigenvalue weighted by Crippen LogP contribution is 2.26. The molecule has 0 fully saturated rings. The molecule has 1 amide bonds. The van der Waals surface area contributed by atoms with Gasteiger partial charge in [0.05, 0.1) is 0 Å². The van der Waals surface area contributed by atoms with Crippen molar-refractivity contribution in [1.82, 2.24) is 15.3 Å².